The van der Waals surface area contributed by atoms with Crippen molar-refractivity contribution in [2.45, 2.75) is 19.8 Å². The number of nitrogens with two attached hydrogens (primary N) is 1. The molecule has 104 valence electrons. The molecule has 20 heavy (non-hydrogen) atoms. The summed E-state index contributed by atoms with van der Waals surface area (Å²) >= 11 is 0. The van der Waals surface area contributed by atoms with Gasteiger partial charge in [0.2, 0.25) is 0 Å². The first-order valence-electron chi connectivity index (χ1n) is 6.16. The Balaban J connectivity index is 2.36. The SMILES string of the molecule is CC(C)c1cccc(Oc2nc(N)ccc2[N+](=O)[O-])c1. The van der Waals surface area contributed by atoms with Crippen molar-refractivity contribution in [1.82, 2.24) is 4.98 Å². The summed E-state index contributed by atoms with van der Waals surface area (Å²) in [4.78, 5) is 14.3. The molecule has 2 aromatic rings. The smallest absolute Gasteiger partial charge is 0.331 e. The Kier molecular flexibility index (Phi) is 3.84. The Morgan fingerprint density at radius 1 is 1.30 bits per heavy atom. The van der Waals surface area contributed by atoms with Crippen molar-refractivity contribution < 1.29 is 9.66 Å². The number of benzene rings is 1. The lowest BCUT2D eigenvalue weighted by atomic mass is 10.0. The van der Waals surface area contributed by atoms with E-state index in [1.54, 1.807) is 6.07 Å². The summed E-state index contributed by atoms with van der Waals surface area (Å²) in [5.74, 6) is 0.904. The fourth-order valence-corrected chi connectivity index (χ4v) is 1.71. The van der Waals surface area contributed by atoms with E-state index in [2.05, 4.69) is 18.8 Å². The molecule has 0 unspecified atom stereocenters. The number of nitrogens with zero attached hydrogens (tertiary/aromatic N) is 2. The highest BCUT2D eigenvalue weighted by atomic mass is 16.6. The quantitative estimate of drug-likeness (QED) is 0.680. The number of anilines is 1. The first-order valence-corrected chi connectivity index (χ1v) is 6.16. The van der Waals surface area contributed by atoms with Gasteiger partial charge in [0, 0.05) is 6.07 Å². The number of hydrogen-bond acceptors (Lipinski definition) is 5. The maximum absolute atomic E-state index is 10.9. The second-order valence-corrected chi connectivity index (χ2v) is 4.65. The molecule has 2 N–H and O–H groups in total. The highest BCUT2D eigenvalue weighted by molar-refractivity contribution is 5.49. The van der Waals surface area contributed by atoms with Gasteiger partial charge in [-0.05, 0) is 29.7 Å². The van der Waals surface area contributed by atoms with Gasteiger partial charge in [-0.1, -0.05) is 26.0 Å². The standard InChI is InChI=1S/C14H15N3O3/c1-9(2)10-4-3-5-11(8-10)20-14-12(17(18)19)6-7-13(15)16-14/h3-9H,1-2H3,(H2,15,16). The van der Waals surface area contributed by atoms with Crippen molar-refractivity contribution in [3.8, 4) is 11.6 Å². The minimum Gasteiger partial charge on any atom is -0.434 e. The molecule has 0 saturated carbocycles. The Morgan fingerprint density at radius 3 is 2.70 bits per heavy atom. The molecule has 1 heterocycles. The van der Waals surface area contributed by atoms with Crippen LogP contribution in [0.25, 0.3) is 0 Å². The van der Waals surface area contributed by atoms with E-state index in [0.29, 0.717) is 11.7 Å². The Labute approximate surface area is 116 Å². The molecule has 0 atom stereocenters. The molecule has 0 radical (unpaired) electrons. The van der Waals surface area contributed by atoms with E-state index in [0.717, 1.165) is 5.56 Å². The van der Waals surface area contributed by atoms with Crippen LogP contribution in [-0.4, -0.2) is 9.91 Å². The second-order valence-electron chi connectivity index (χ2n) is 4.65. The third-order valence-corrected chi connectivity index (χ3v) is 2.80. The molecule has 0 aliphatic rings. The van der Waals surface area contributed by atoms with Gasteiger partial charge in [0.05, 0.1) is 4.92 Å². The summed E-state index contributed by atoms with van der Waals surface area (Å²) in [5.41, 5.74) is 6.41. The van der Waals surface area contributed by atoms with E-state index >= 15 is 0 Å². The van der Waals surface area contributed by atoms with E-state index in [1.807, 2.05) is 18.2 Å². The molecule has 0 bridgehead atoms. The topological polar surface area (TPSA) is 91.3 Å². The number of rotatable bonds is 4. The van der Waals surface area contributed by atoms with Gasteiger partial charge in [-0.15, -0.1) is 0 Å². The van der Waals surface area contributed by atoms with Gasteiger partial charge in [-0.2, -0.15) is 4.98 Å². The molecule has 0 fully saturated rings. The molecule has 1 aromatic carbocycles. The van der Waals surface area contributed by atoms with Gasteiger partial charge in [-0.25, -0.2) is 0 Å². The van der Waals surface area contributed by atoms with Gasteiger partial charge in [0.15, 0.2) is 0 Å². The van der Waals surface area contributed by atoms with Crippen molar-refractivity contribution in [3.05, 3.63) is 52.1 Å². The van der Waals surface area contributed by atoms with Crippen LogP contribution in [0, 0.1) is 10.1 Å². The van der Waals surface area contributed by atoms with Crippen LogP contribution in [-0.2, 0) is 0 Å². The molecule has 1 aromatic heterocycles. The van der Waals surface area contributed by atoms with E-state index in [4.69, 9.17) is 10.5 Å². The van der Waals surface area contributed by atoms with Crippen LogP contribution in [0.3, 0.4) is 0 Å². The van der Waals surface area contributed by atoms with Crippen molar-refractivity contribution in [2.24, 2.45) is 0 Å². The van der Waals surface area contributed by atoms with E-state index in [-0.39, 0.29) is 17.4 Å². The molecular formula is C14H15N3O3. The lowest BCUT2D eigenvalue weighted by Crippen LogP contribution is -1.99. The number of hydrogen-bond donors (Lipinski definition) is 1. The molecular weight excluding hydrogens is 258 g/mol. The van der Waals surface area contributed by atoms with Gasteiger partial charge < -0.3 is 10.5 Å². The number of nitro groups is 1. The van der Waals surface area contributed by atoms with E-state index < -0.39 is 4.92 Å². The summed E-state index contributed by atoms with van der Waals surface area (Å²) in [5, 5.41) is 10.9. The van der Waals surface area contributed by atoms with Crippen molar-refractivity contribution >= 4 is 11.5 Å². The summed E-state index contributed by atoms with van der Waals surface area (Å²) in [6.45, 7) is 4.11. The zero-order valence-electron chi connectivity index (χ0n) is 11.2. The summed E-state index contributed by atoms with van der Waals surface area (Å²) in [6, 6.07) is 10.0. The summed E-state index contributed by atoms with van der Waals surface area (Å²) in [6.07, 6.45) is 0. The molecule has 0 amide bonds. The van der Waals surface area contributed by atoms with E-state index in [9.17, 15) is 10.1 Å². The number of nitrogen functional groups attached to an aromatic ring is 1. The molecule has 2 rings (SSSR count). The third kappa shape index (κ3) is 3.03. The lowest BCUT2D eigenvalue weighted by molar-refractivity contribution is -0.386. The number of ether oxygens (including phenoxy) is 1. The predicted octanol–water partition coefficient (Wildman–Crippen LogP) is 3.49. The van der Waals surface area contributed by atoms with Crippen LogP contribution < -0.4 is 10.5 Å². The highest BCUT2D eigenvalue weighted by Gasteiger charge is 2.18. The predicted molar refractivity (Wildman–Crippen MR) is 75.9 cm³/mol. The Morgan fingerprint density at radius 2 is 2.05 bits per heavy atom. The second kappa shape index (κ2) is 5.56. The third-order valence-electron chi connectivity index (χ3n) is 2.80. The normalized spacial score (nSPS) is 10.6. The van der Waals surface area contributed by atoms with Crippen molar-refractivity contribution in [1.29, 1.82) is 0 Å². The maximum Gasteiger partial charge on any atom is 0.331 e. The fraction of sp³-hybridized carbons (Fsp3) is 0.214. The monoisotopic (exact) mass is 273 g/mol. The number of pyridine rings is 1. The van der Waals surface area contributed by atoms with Crippen LogP contribution >= 0.6 is 0 Å². The first kappa shape index (κ1) is 13.8. The zero-order chi connectivity index (χ0) is 14.7. The van der Waals surface area contributed by atoms with Crippen LogP contribution in [0.5, 0.6) is 11.6 Å². The van der Waals surface area contributed by atoms with Gasteiger partial charge >= 0.3 is 11.6 Å². The minimum absolute atomic E-state index is 0.101. The Bertz CT molecular complexity index is 641. The molecule has 0 aliphatic carbocycles. The molecule has 0 aliphatic heterocycles. The highest BCUT2D eigenvalue weighted by Crippen LogP contribution is 2.31. The van der Waals surface area contributed by atoms with Gasteiger partial charge in [0.25, 0.3) is 0 Å². The average molecular weight is 273 g/mol. The summed E-state index contributed by atoms with van der Waals surface area (Å²) < 4.78 is 5.51. The molecule has 0 spiro atoms. The number of aromatic nitrogens is 1. The molecule has 0 saturated heterocycles. The Hall–Kier alpha value is -2.63. The van der Waals surface area contributed by atoms with Crippen LogP contribution in [0.2, 0.25) is 0 Å². The lowest BCUT2D eigenvalue weighted by Gasteiger charge is -2.09. The minimum atomic E-state index is -0.548. The summed E-state index contributed by atoms with van der Waals surface area (Å²) in [7, 11) is 0. The molecule has 6 heteroatoms. The van der Waals surface area contributed by atoms with E-state index in [1.165, 1.54) is 12.1 Å². The van der Waals surface area contributed by atoms with Crippen LogP contribution in [0.1, 0.15) is 25.3 Å². The van der Waals surface area contributed by atoms with Crippen molar-refractivity contribution in [2.75, 3.05) is 5.73 Å². The van der Waals surface area contributed by atoms with Gasteiger partial charge in [-0.3, -0.25) is 10.1 Å². The van der Waals surface area contributed by atoms with Crippen LogP contribution in [0.15, 0.2) is 36.4 Å². The molecule has 6 nitrogen and oxygen atoms in total. The average Bonchev–Trinajstić information content (AvgIpc) is 2.38. The van der Waals surface area contributed by atoms with Crippen molar-refractivity contribution in [3.63, 3.8) is 0 Å². The first-order chi connectivity index (χ1) is 9.47. The van der Waals surface area contributed by atoms with Crippen LogP contribution in [0.4, 0.5) is 11.5 Å². The fourth-order valence-electron chi connectivity index (χ4n) is 1.71. The maximum atomic E-state index is 10.9. The van der Waals surface area contributed by atoms with Gasteiger partial charge in [0.1, 0.15) is 11.6 Å². The zero-order valence-corrected chi connectivity index (χ0v) is 11.2. The largest absolute Gasteiger partial charge is 0.434 e.